The summed E-state index contributed by atoms with van der Waals surface area (Å²) in [6.45, 7) is 0.697. The van der Waals surface area contributed by atoms with Crippen LogP contribution in [0.5, 0.6) is 0 Å². The van der Waals surface area contributed by atoms with E-state index in [1.807, 2.05) is 25.2 Å². The lowest BCUT2D eigenvalue weighted by Crippen LogP contribution is -2.09. The Labute approximate surface area is 136 Å². The summed E-state index contributed by atoms with van der Waals surface area (Å²) < 4.78 is 2.89. The van der Waals surface area contributed by atoms with E-state index in [0.29, 0.717) is 18.3 Å². The maximum Gasteiger partial charge on any atom is 0.226 e. The van der Waals surface area contributed by atoms with Gasteiger partial charge in [-0.25, -0.2) is 4.98 Å². The smallest absolute Gasteiger partial charge is 0.226 e. The Morgan fingerprint density at radius 1 is 1.22 bits per heavy atom. The molecule has 7 nitrogen and oxygen atoms in total. The van der Waals surface area contributed by atoms with Crippen molar-refractivity contribution in [1.82, 2.24) is 24.7 Å². The van der Waals surface area contributed by atoms with Crippen molar-refractivity contribution < 1.29 is 0 Å². The summed E-state index contributed by atoms with van der Waals surface area (Å²) in [6.07, 6.45) is 2.49. The molecule has 0 atom stereocenters. The highest BCUT2D eigenvalue weighted by Crippen LogP contribution is 2.22. The van der Waals surface area contributed by atoms with Crippen LogP contribution >= 0.6 is 11.3 Å². The molecular formula is C15H15N7S. The van der Waals surface area contributed by atoms with Crippen molar-refractivity contribution >= 4 is 44.4 Å². The van der Waals surface area contributed by atoms with Crippen LogP contribution in [-0.2, 0) is 13.5 Å². The van der Waals surface area contributed by atoms with Crippen LogP contribution in [0.2, 0.25) is 0 Å². The number of rotatable bonds is 4. The first-order valence-electron chi connectivity index (χ1n) is 7.24. The van der Waals surface area contributed by atoms with Gasteiger partial charge in [0.1, 0.15) is 5.82 Å². The van der Waals surface area contributed by atoms with Gasteiger partial charge in [-0.15, -0.1) is 11.3 Å². The van der Waals surface area contributed by atoms with Crippen molar-refractivity contribution in [2.75, 3.05) is 17.6 Å². The number of nitrogens with zero attached hydrogens (tertiary/aromatic N) is 5. The molecule has 3 aromatic heterocycles. The number of anilines is 2. The molecular weight excluding hydrogens is 310 g/mol. The minimum Gasteiger partial charge on any atom is -0.383 e. The molecule has 1 aromatic carbocycles. The van der Waals surface area contributed by atoms with Crippen molar-refractivity contribution in [2.45, 2.75) is 6.42 Å². The van der Waals surface area contributed by atoms with Gasteiger partial charge in [0, 0.05) is 20.0 Å². The van der Waals surface area contributed by atoms with Gasteiger partial charge in [-0.1, -0.05) is 12.1 Å². The van der Waals surface area contributed by atoms with Crippen LogP contribution < -0.4 is 11.1 Å². The fourth-order valence-corrected chi connectivity index (χ4v) is 3.40. The van der Waals surface area contributed by atoms with Gasteiger partial charge in [0.05, 0.1) is 26.8 Å². The first-order valence-corrected chi connectivity index (χ1v) is 8.06. The maximum atomic E-state index is 5.95. The van der Waals surface area contributed by atoms with Crippen LogP contribution in [0.15, 0.2) is 30.5 Å². The van der Waals surface area contributed by atoms with E-state index >= 15 is 0 Å². The molecule has 0 aliphatic carbocycles. The molecule has 0 spiro atoms. The molecule has 0 unspecified atom stereocenters. The van der Waals surface area contributed by atoms with Crippen molar-refractivity contribution in [1.29, 1.82) is 0 Å². The summed E-state index contributed by atoms with van der Waals surface area (Å²) in [4.78, 5) is 13.3. The first-order chi connectivity index (χ1) is 11.2. The SMILES string of the molecule is Cn1ncc2c(N)nc(NCCc3nc4ccccc4s3)nc21. The third kappa shape index (κ3) is 2.57. The van der Waals surface area contributed by atoms with E-state index in [0.717, 1.165) is 28.0 Å². The number of para-hydroxylation sites is 1. The number of fused-ring (bicyclic) bond motifs is 2. The van der Waals surface area contributed by atoms with Gasteiger partial charge in [0.2, 0.25) is 5.95 Å². The van der Waals surface area contributed by atoms with Gasteiger partial charge in [0.25, 0.3) is 0 Å². The molecule has 0 aliphatic heterocycles. The number of nitrogen functional groups attached to an aromatic ring is 1. The normalized spacial score (nSPS) is 11.3. The van der Waals surface area contributed by atoms with E-state index in [4.69, 9.17) is 5.73 Å². The third-order valence-electron chi connectivity index (χ3n) is 3.58. The molecule has 0 saturated carbocycles. The molecule has 0 radical (unpaired) electrons. The summed E-state index contributed by atoms with van der Waals surface area (Å²) in [5.74, 6) is 0.949. The van der Waals surface area contributed by atoms with E-state index in [1.165, 1.54) is 4.70 Å². The quantitative estimate of drug-likeness (QED) is 0.597. The van der Waals surface area contributed by atoms with Gasteiger partial charge in [-0.3, -0.25) is 4.68 Å². The van der Waals surface area contributed by atoms with Gasteiger partial charge in [-0.05, 0) is 12.1 Å². The van der Waals surface area contributed by atoms with Crippen molar-refractivity contribution in [2.24, 2.45) is 7.05 Å². The van der Waals surface area contributed by atoms with Gasteiger partial charge in [-0.2, -0.15) is 15.1 Å². The molecule has 0 amide bonds. The highest BCUT2D eigenvalue weighted by Gasteiger charge is 2.09. The lowest BCUT2D eigenvalue weighted by atomic mass is 10.3. The number of nitrogens with one attached hydrogen (secondary N) is 1. The largest absolute Gasteiger partial charge is 0.383 e. The summed E-state index contributed by atoms with van der Waals surface area (Å²) in [5, 5.41) is 9.22. The molecule has 4 rings (SSSR count). The fourth-order valence-electron chi connectivity index (χ4n) is 2.43. The van der Waals surface area contributed by atoms with Crippen LogP contribution in [0.1, 0.15) is 5.01 Å². The first kappa shape index (κ1) is 13.9. The summed E-state index contributed by atoms with van der Waals surface area (Å²) >= 11 is 1.71. The molecule has 8 heteroatoms. The number of aryl methyl sites for hydroxylation is 1. The van der Waals surface area contributed by atoms with Gasteiger partial charge >= 0.3 is 0 Å². The minimum absolute atomic E-state index is 0.436. The summed E-state index contributed by atoms with van der Waals surface area (Å²) in [7, 11) is 1.83. The van der Waals surface area contributed by atoms with Crippen LogP contribution in [0.25, 0.3) is 21.3 Å². The number of nitrogens with two attached hydrogens (primary N) is 1. The predicted octanol–water partition coefficient (Wildman–Crippen LogP) is 2.21. The molecule has 0 aliphatic rings. The zero-order valence-corrected chi connectivity index (χ0v) is 13.3. The molecule has 0 fully saturated rings. The van der Waals surface area contributed by atoms with E-state index in [-0.39, 0.29) is 0 Å². The number of benzene rings is 1. The summed E-state index contributed by atoms with van der Waals surface area (Å²) in [5.41, 5.74) is 7.72. The van der Waals surface area contributed by atoms with Gasteiger partial charge < -0.3 is 11.1 Å². The Balaban J connectivity index is 1.49. The average Bonchev–Trinajstić information content (AvgIpc) is 3.11. The van der Waals surface area contributed by atoms with Crippen molar-refractivity contribution in [3.8, 4) is 0 Å². The molecule has 0 bridgehead atoms. The second-order valence-corrected chi connectivity index (χ2v) is 6.31. The van der Waals surface area contributed by atoms with E-state index in [9.17, 15) is 0 Å². The van der Waals surface area contributed by atoms with Gasteiger partial charge in [0.15, 0.2) is 5.65 Å². The van der Waals surface area contributed by atoms with Crippen LogP contribution in [0, 0.1) is 0 Å². The number of thiazole rings is 1. The second kappa shape index (κ2) is 5.47. The highest BCUT2D eigenvalue weighted by molar-refractivity contribution is 7.18. The molecule has 0 saturated heterocycles. The zero-order valence-electron chi connectivity index (χ0n) is 12.5. The van der Waals surface area contributed by atoms with Crippen molar-refractivity contribution in [3.05, 3.63) is 35.5 Å². The van der Waals surface area contributed by atoms with Crippen molar-refractivity contribution in [3.63, 3.8) is 0 Å². The standard InChI is InChI=1S/C15H15N7S/c1-22-14-9(8-18-22)13(16)20-15(21-14)17-7-6-12-19-10-4-2-3-5-11(10)23-12/h2-5,8H,6-7H2,1H3,(H3,16,17,20,21). The zero-order chi connectivity index (χ0) is 15.8. The Hall–Kier alpha value is -2.74. The number of hydrogen-bond donors (Lipinski definition) is 2. The van der Waals surface area contributed by atoms with Crippen LogP contribution in [0.3, 0.4) is 0 Å². The topological polar surface area (TPSA) is 94.5 Å². The Bertz CT molecular complexity index is 955. The molecule has 116 valence electrons. The minimum atomic E-state index is 0.436. The number of aromatic nitrogens is 5. The lowest BCUT2D eigenvalue weighted by Gasteiger charge is -2.05. The average molecular weight is 325 g/mol. The Kier molecular flexibility index (Phi) is 3.30. The van der Waals surface area contributed by atoms with E-state index in [2.05, 4.69) is 31.4 Å². The number of hydrogen-bond acceptors (Lipinski definition) is 7. The Morgan fingerprint density at radius 3 is 2.96 bits per heavy atom. The predicted molar refractivity (Wildman–Crippen MR) is 92.5 cm³/mol. The van der Waals surface area contributed by atoms with Crippen LogP contribution in [0.4, 0.5) is 11.8 Å². The molecule has 3 heterocycles. The molecule has 3 N–H and O–H groups in total. The molecule has 23 heavy (non-hydrogen) atoms. The molecule has 4 aromatic rings. The monoisotopic (exact) mass is 325 g/mol. The van der Waals surface area contributed by atoms with E-state index in [1.54, 1.807) is 22.2 Å². The highest BCUT2D eigenvalue weighted by atomic mass is 32.1. The fraction of sp³-hybridized carbons (Fsp3) is 0.200. The summed E-state index contributed by atoms with van der Waals surface area (Å²) in [6, 6.07) is 8.15. The third-order valence-corrected chi connectivity index (χ3v) is 4.68. The second-order valence-electron chi connectivity index (χ2n) is 5.19. The van der Waals surface area contributed by atoms with E-state index < -0.39 is 0 Å². The maximum absolute atomic E-state index is 5.95. The lowest BCUT2D eigenvalue weighted by molar-refractivity contribution is 0.785. The van der Waals surface area contributed by atoms with Crippen LogP contribution in [-0.4, -0.2) is 31.3 Å². The Morgan fingerprint density at radius 2 is 2.09 bits per heavy atom.